The molecule has 0 fully saturated rings. The molecule has 3 N–H and O–H groups in total. The molecule has 0 saturated heterocycles. The van der Waals surface area contributed by atoms with Crippen LogP contribution in [0.3, 0.4) is 0 Å². The summed E-state index contributed by atoms with van der Waals surface area (Å²) in [6.45, 7) is 1.25. The fourth-order valence-corrected chi connectivity index (χ4v) is 4.05. The number of halogens is 1. The number of rotatable bonds is 10. The number of anilines is 1. The van der Waals surface area contributed by atoms with E-state index in [9.17, 15) is 13.5 Å². The van der Waals surface area contributed by atoms with Gasteiger partial charge in [0.2, 0.25) is 10.0 Å². The summed E-state index contributed by atoms with van der Waals surface area (Å²) < 4.78 is 30.9. The third kappa shape index (κ3) is 6.68. The van der Waals surface area contributed by atoms with Crippen molar-refractivity contribution in [2.24, 2.45) is 0 Å². The summed E-state index contributed by atoms with van der Waals surface area (Å²) in [4.78, 5) is 4.27. The number of thiazole rings is 1. The Balaban J connectivity index is 1.43. The first-order valence-corrected chi connectivity index (χ1v) is 12.3. The number of benzene rings is 2. The maximum atomic E-state index is 11.4. The van der Waals surface area contributed by atoms with Crippen LogP contribution < -0.4 is 14.8 Å². The van der Waals surface area contributed by atoms with Gasteiger partial charge in [-0.05, 0) is 42.0 Å². The number of aliphatic hydroxyl groups is 1. The molecule has 0 bridgehead atoms. The smallest absolute Gasteiger partial charge is 0.229 e. The van der Waals surface area contributed by atoms with Gasteiger partial charge in [0.15, 0.2) is 0 Å². The van der Waals surface area contributed by atoms with Crippen LogP contribution in [0.4, 0.5) is 5.69 Å². The highest BCUT2D eigenvalue weighted by Crippen LogP contribution is 2.26. The van der Waals surface area contributed by atoms with Crippen LogP contribution in [0.2, 0.25) is 5.02 Å². The van der Waals surface area contributed by atoms with Crippen molar-refractivity contribution in [2.45, 2.75) is 6.10 Å². The average Bonchev–Trinajstić information content (AvgIpc) is 3.23. The van der Waals surface area contributed by atoms with Gasteiger partial charge in [0.25, 0.3) is 0 Å². The Morgan fingerprint density at radius 1 is 1.23 bits per heavy atom. The number of aliphatic hydroxyl groups excluding tert-OH is 1. The number of sulfonamides is 1. The molecule has 1 aromatic heterocycles. The number of aromatic nitrogens is 1. The molecule has 160 valence electrons. The van der Waals surface area contributed by atoms with E-state index in [0.717, 1.165) is 23.3 Å². The minimum Gasteiger partial charge on any atom is -0.492 e. The van der Waals surface area contributed by atoms with Crippen LogP contribution in [-0.2, 0) is 10.0 Å². The van der Waals surface area contributed by atoms with E-state index in [1.807, 2.05) is 29.6 Å². The number of nitrogens with one attached hydrogen (secondary N) is 2. The van der Waals surface area contributed by atoms with Crippen molar-refractivity contribution in [3.05, 3.63) is 63.9 Å². The largest absolute Gasteiger partial charge is 0.492 e. The zero-order valence-corrected chi connectivity index (χ0v) is 18.6. The molecule has 0 radical (unpaired) electrons. The predicted octanol–water partition coefficient (Wildman–Crippen LogP) is 3.54. The van der Waals surface area contributed by atoms with Crippen LogP contribution >= 0.6 is 22.9 Å². The summed E-state index contributed by atoms with van der Waals surface area (Å²) in [6, 6.07) is 12.4. The normalized spacial score (nSPS) is 12.5. The third-order valence-electron chi connectivity index (χ3n) is 4.14. The van der Waals surface area contributed by atoms with Gasteiger partial charge < -0.3 is 15.2 Å². The first-order valence-electron chi connectivity index (χ1n) is 9.09. The van der Waals surface area contributed by atoms with E-state index in [4.69, 9.17) is 16.3 Å². The first kappa shape index (κ1) is 22.5. The van der Waals surface area contributed by atoms with Crippen molar-refractivity contribution in [3.8, 4) is 17.0 Å². The van der Waals surface area contributed by atoms with Crippen molar-refractivity contribution < 1.29 is 18.3 Å². The number of hydrogen-bond acceptors (Lipinski definition) is 7. The molecular formula is C20H22ClN3O4S2. The van der Waals surface area contributed by atoms with E-state index >= 15 is 0 Å². The molecule has 0 unspecified atom stereocenters. The second-order valence-electron chi connectivity index (χ2n) is 6.58. The Hall–Kier alpha value is -2.17. The zero-order chi connectivity index (χ0) is 21.6. The summed E-state index contributed by atoms with van der Waals surface area (Å²) in [5.74, 6) is 0.755. The van der Waals surface area contributed by atoms with E-state index in [1.165, 1.54) is 6.07 Å². The molecule has 30 heavy (non-hydrogen) atoms. The van der Waals surface area contributed by atoms with Gasteiger partial charge in [0.1, 0.15) is 12.4 Å². The molecule has 0 aliphatic carbocycles. The Kier molecular flexibility index (Phi) is 7.68. The van der Waals surface area contributed by atoms with Crippen LogP contribution in [0, 0.1) is 0 Å². The Bertz CT molecular complexity index is 1060. The molecule has 0 amide bonds. The summed E-state index contributed by atoms with van der Waals surface area (Å²) in [5.41, 5.74) is 4.57. The van der Waals surface area contributed by atoms with Crippen LogP contribution in [0.1, 0.15) is 11.7 Å². The van der Waals surface area contributed by atoms with Crippen molar-refractivity contribution >= 4 is 38.6 Å². The SMILES string of the molecule is CS(=O)(=O)Nc1cc([C@@H](O)CNCCOc2ccc(-c3cscn3)cc2)ccc1Cl. The molecule has 0 saturated carbocycles. The fraction of sp³-hybridized carbons (Fsp3) is 0.250. The zero-order valence-electron chi connectivity index (χ0n) is 16.2. The number of nitrogens with zero attached hydrogens (tertiary/aromatic N) is 1. The van der Waals surface area contributed by atoms with E-state index in [1.54, 1.807) is 29.0 Å². The van der Waals surface area contributed by atoms with Gasteiger partial charge in [-0.2, -0.15) is 0 Å². The lowest BCUT2D eigenvalue weighted by Gasteiger charge is -2.15. The summed E-state index contributed by atoms with van der Waals surface area (Å²) in [6.07, 6.45) is 0.223. The van der Waals surface area contributed by atoms with Crippen molar-refractivity contribution in [2.75, 3.05) is 30.7 Å². The minimum absolute atomic E-state index is 0.236. The molecule has 2 aromatic carbocycles. The first-order chi connectivity index (χ1) is 14.3. The van der Waals surface area contributed by atoms with Gasteiger partial charge in [0.05, 0.1) is 34.3 Å². The predicted molar refractivity (Wildman–Crippen MR) is 121 cm³/mol. The van der Waals surface area contributed by atoms with Crippen molar-refractivity contribution in [1.82, 2.24) is 10.3 Å². The molecule has 3 rings (SSSR count). The molecule has 1 heterocycles. The summed E-state index contributed by atoms with van der Waals surface area (Å²) in [7, 11) is -3.46. The molecular weight excluding hydrogens is 446 g/mol. The third-order valence-corrected chi connectivity index (χ3v) is 5.64. The van der Waals surface area contributed by atoms with Crippen molar-refractivity contribution in [3.63, 3.8) is 0 Å². The Morgan fingerprint density at radius 2 is 2.00 bits per heavy atom. The van der Waals surface area contributed by atoms with Gasteiger partial charge in [0, 0.05) is 24.0 Å². The molecule has 3 aromatic rings. The molecule has 0 spiro atoms. The second-order valence-corrected chi connectivity index (χ2v) is 9.45. The van der Waals surface area contributed by atoms with Crippen LogP contribution in [-0.4, -0.2) is 44.5 Å². The summed E-state index contributed by atoms with van der Waals surface area (Å²) in [5, 5.41) is 15.7. The summed E-state index contributed by atoms with van der Waals surface area (Å²) >= 11 is 7.56. The van der Waals surface area contributed by atoms with E-state index in [2.05, 4.69) is 15.0 Å². The Labute approximate surface area is 184 Å². The van der Waals surface area contributed by atoms with Gasteiger partial charge >= 0.3 is 0 Å². The topological polar surface area (TPSA) is 101 Å². The molecule has 10 heteroatoms. The fourth-order valence-electron chi connectivity index (χ4n) is 2.70. The lowest BCUT2D eigenvalue weighted by Crippen LogP contribution is -2.26. The maximum absolute atomic E-state index is 11.4. The molecule has 1 atom stereocenters. The average molecular weight is 468 g/mol. The molecule has 0 aliphatic heterocycles. The second kappa shape index (κ2) is 10.2. The van der Waals surface area contributed by atoms with E-state index in [-0.39, 0.29) is 17.3 Å². The van der Waals surface area contributed by atoms with Gasteiger partial charge in [-0.3, -0.25) is 4.72 Å². The van der Waals surface area contributed by atoms with Gasteiger partial charge in [-0.25, -0.2) is 13.4 Å². The molecule has 0 aliphatic rings. The van der Waals surface area contributed by atoms with Crippen LogP contribution in [0.5, 0.6) is 5.75 Å². The van der Waals surface area contributed by atoms with E-state index in [0.29, 0.717) is 18.7 Å². The monoisotopic (exact) mass is 467 g/mol. The highest BCUT2D eigenvalue weighted by Gasteiger charge is 2.12. The highest BCUT2D eigenvalue weighted by molar-refractivity contribution is 7.92. The number of ether oxygens (including phenoxy) is 1. The maximum Gasteiger partial charge on any atom is 0.229 e. The lowest BCUT2D eigenvalue weighted by molar-refractivity contribution is 0.172. The highest BCUT2D eigenvalue weighted by atomic mass is 35.5. The van der Waals surface area contributed by atoms with E-state index < -0.39 is 16.1 Å². The minimum atomic E-state index is -3.46. The molecule has 7 nitrogen and oxygen atoms in total. The Morgan fingerprint density at radius 3 is 2.67 bits per heavy atom. The van der Waals surface area contributed by atoms with Crippen molar-refractivity contribution in [1.29, 1.82) is 0 Å². The lowest BCUT2D eigenvalue weighted by atomic mass is 10.1. The number of hydrogen-bond donors (Lipinski definition) is 3. The quantitative estimate of drug-likeness (QED) is 0.394. The standard InChI is InChI=1S/C20H22ClN3O4S2/c1-30(26,27)24-18-10-15(4-7-17(18)21)20(25)11-22-8-9-28-16-5-2-14(3-6-16)19-12-29-13-23-19/h2-7,10,12-13,20,22,24-25H,8-9,11H2,1H3/t20-/m0/s1. The van der Waals surface area contributed by atoms with Gasteiger partial charge in [-0.1, -0.05) is 17.7 Å². The van der Waals surface area contributed by atoms with Crippen LogP contribution in [0.25, 0.3) is 11.3 Å². The van der Waals surface area contributed by atoms with Gasteiger partial charge in [-0.15, -0.1) is 11.3 Å². The van der Waals surface area contributed by atoms with Crippen LogP contribution in [0.15, 0.2) is 53.4 Å².